The molecule has 2 aromatic rings. The Morgan fingerprint density at radius 2 is 1.76 bits per heavy atom. The highest BCUT2D eigenvalue weighted by Crippen LogP contribution is 2.25. The number of nitrogens with one attached hydrogen (secondary N) is 1. The van der Waals surface area contributed by atoms with Crippen molar-refractivity contribution in [2.75, 3.05) is 18.5 Å². The quantitative estimate of drug-likeness (QED) is 0.852. The van der Waals surface area contributed by atoms with Crippen LogP contribution in [-0.4, -0.2) is 19.5 Å². The molecule has 2 aromatic carbocycles. The Morgan fingerprint density at radius 3 is 2.57 bits per heavy atom. The topological polar surface area (TPSA) is 32.3 Å². The summed E-state index contributed by atoms with van der Waals surface area (Å²) in [6, 6.07) is 15.8. The van der Waals surface area contributed by atoms with Crippen molar-refractivity contribution < 1.29 is 4.79 Å². The SMILES string of the molecule is CNCC(=O)N1Cc2ccccc2C#Cc2ccccc21. The van der Waals surface area contributed by atoms with Gasteiger partial charge in [-0.05, 0) is 30.8 Å². The molecule has 0 atom stereocenters. The van der Waals surface area contributed by atoms with Crippen LogP contribution < -0.4 is 10.2 Å². The van der Waals surface area contributed by atoms with Gasteiger partial charge in [0, 0.05) is 11.1 Å². The molecule has 0 saturated heterocycles. The second kappa shape index (κ2) is 5.82. The van der Waals surface area contributed by atoms with Crippen molar-refractivity contribution in [2.45, 2.75) is 6.54 Å². The van der Waals surface area contributed by atoms with Crippen LogP contribution in [0.4, 0.5) is 5.69 Å². The number of amides is 1. The van der Waals surface area contributed by atoms with Crippen molar-refractivity contribution in [3.8, 4) is 11.8 Å². The fourth-order valence-electron chi connectivity index (χ4n) is 2.45. The largest absolute Gasteiger partial charge is 0.311 e. The molecule has 1 N–H and O–H groups in total. The highest BCUT2D eigenvalue weighted by Gasteiger charge is 2.20. The maximum atomic E-state index is 12.5. The van der Waals surface area contributed by atoms with Gasteiger partial charge in [-0.25, -0.2) is 0 Å². The van der Waals surface area contributed by atoms with Crippen molar-refractivity contribution >= 4 is 11.6 Å². The lowest BCUT2D eigenvalue weighted by Gasteiger charge is -2.25. The van der Waals surface area contributed by atoms with Crippen LogP contribution in [0.1, 0.15) is 16.7 Å². The van der Waals surface area contributed by atoms with Crippen LogP contribution in [0, 0.1) is 11.8 Å². The number of likely N-dealkylation sites (N-methyl/N-ethyl adjacent to an activating group) is 1. The Bertz CT molecular complexity index is 740. The van der Waals surface area contributed by atoms with E-state index in [1.54, 1.807) is 11.9 Å². The Kier molecular flexibility index (Phi) is 3.72. The van der Waals surface area contributed by atoms with Gasteiger partial charge in [-0.1, -0.05) is 42.2 Å². The van der Waals surface area contributed by atoms with Gasteiger partial charge in [0.05, 0.1) is 18.8 Å². The smallest absolute Gasteiger partial charge is 0.241 e. The van der Waals surface area contributed by atoms with Crippen LogP contribution in [0.15, 0.2) is 48.5 Å². The minimum Gasteiger partial charge on any atom is -0.311 e. The summed E-state index contributed by atoms with van der Waals surface area (Å²) in [6.07, 6.45) is 0. The number of hydrogen-bond acceptors (Lipinski definition) is 2. The zero-order valence-electron chi connectivity index (χ0n) is 11.9. The van der Waals surface area contributed by atoms with Gasteiger partial charge in [-0.15, -0.1) is 0 Å². The minimum atomic E-state index is 0.0449. The molecule has 3 heteroatoms. The first-order valence-corrected chi connectivity index (χ1v) is 6.93. The molecule has 0 aromatic heterocycles. The van der Waals surface area contributed by atoms with Gasteiger partial charge in [-0.2, -0.15) is 0 Å². The van der Waals surface area contributed by atoms with E-state index in [9.17, 15) is 4.79 Å². The molecule has 3 rings (SSSR count). The number of rotatable bonds is 2. The zero-order chi connectivity index (χ0) is 14.7. The third-order valence-corrected chi connectivity index (χ3v) is 3.50. The maximum Gasteiger partial charge on any atom is 0.241 e. The molecule has 0 aliphatic carbocycles. The van der Waals surface area contributed by atoms with Gasteiger partial charge >= 0.3 is 0 Å². The fraction of sp³-hybridized carbons (Fsp3) is 0.167. The molecular formula is C18H16N2O. The maximum absolute atomic E-state index is 12.5. The first kappa shape index (κ1) is 13.4. The summed E-state index contributed by atoms with van der Waals surface area (Å²) in [7, 11) is 1.78. The van der Waals surface area contributed by atoms with E-state index in [4.69, 9.17) is 0 Å². The molecule has 0 radical (unpaired) electrons. The Morgan fingerprint density at radius 1 is 1.10 bits per heavy atom. The third-order valence-electron chi connectivity index (χ3n) is 3.50. The van der Waals surface area contributed by atoms with Crippen molar-refractivity contribution in [3.05, 3.63) is 65.2 Å². The normalized spacial score (nSPS) is 12.3. The van der Waals surface area contributed by atoms with E-state index in [2.05, 4.69) is 17.2 Å². The summed E-state index contributed by atoms with van der Waals surface area (Å²) >= 11 is 0. The van der Waals surface area contributed by atoms with Gasteiger partial charge < -0.3 is 10.2 Å². The van der Waals surface area contributed by atoms with Gasteiger partial charge in [0.15, 0.2) is 0 Å². The van der Waals surface area contributed by atoms with Crippen LogP contribution >= 0.6 is 0 Å². The lowest BCUT2D eigenvalue weighted by Crippen LogP contribution is -2.37. The number of nitrogens with zero attached hydrogens (tertiary/aromatic N) is 1. The van der Waals surface area contributed by atoms with Crippen molar-refractivity contribution in [3.63, 3.8) is 0 Å². The molecular weight excluding hydrogens is 260 g/mol. The van der Waals surface area contributed by atoms with E-state index < -0.39 is 0 Å². The number of para-hydroxylation sites is 1. The summed E-state index contributed by atoms with van der Waals surface area (Å²) in [5, 5.41) is 2.93. The molecule has 104 valence electrons. The summed E-state index contributed by atoms with van der Waals surface area (Å²) in [5.41, 5.74) is 3.81. The summed E-state index contributed by atoms with van der Waals surface area (Å²) < 4.78 is 0. The van der Waals surface area contributed by atoms with E-state index in [-0.39, 0.29) is 5.91 Å². The van der Waals surface area contributed by atoms with Gasteiger partial charge in [-0.3, -0.25) is 4.79 Å². The predicted molar refractivity (Wildman–Crippen MR) is 84.0 cm³/mol. The molecule has 1 heterocycles. The average molecular weight is 276 g/mol. The first-order valence-electron chi connectivity index (χ1n) is 6.93. The Labute approximate surface area is 124 Å². The molecule has 1 aliphatic heterocycles. The molecule has 0 fully saturated rings. The van der Waals surface area contributed by atoms with E-state index in [1.165, 1.54) is 0 Å². The summed E-state index contributed by atoms with van der Waals surface area (Å²) in [5.74, 6) is 6.44. The van der Waals surface area contributed by atoms with Crippen molar-refractivity contribution in [1.29, 1.82) is 0 Å². The lowest BCUT2D eigenvalue weighted by molar-refractivity contribution is -0.117. The van der Waals surface area contributed by atoms with Gasteiger partial charge in [0.25, 0.3) is 0 Å². The highest BCUT2D eigenvalue weighted by molar-refractivity contribution is 5.96. The summed E-state index contributed by atoms with van der Waals surface area (Å²) in [6.45, 7) is 0.853. The Hall–Kier alpha value is -2.57. The number of fused-ring (bicyclic) bond motifs is 2. The highest BCUT2D eigenvalue weighted by atomic mass is 16.2. The minimum absolute atomic E-state index is 0.0449. The number of hydrogen-bond donors (Lipinski definition) is 1. The van der Waals surface area contributed by atoms with Crippen LogP contribution in [-0.2, 0) is 11.3 Å². The monoisotopic (exact) mass is 276 g/mol. The van der Waals surface area contributed by atoms with Crippen molar-refractivity contribution in [1.82, 2.24) is 5.32 Å². The molecule has 0 bridgehead atoms. The molecule has 0 unspecified atom stereocenters. The molecule has 1 aliphatic rings. The third kappa shape index (κ3) is 2.67. The summed E-state index contributed by atoms with van der Waals surface area (Å²) in [4.78, 5) is 14.3. The first-order chi connectivity index (χ1) is 10.3. The number of benzene rings is 2. The fourth-order valence-corrected chi connectivity index (χ4v) is 2.45. The van der Waals surface area contributed by atoms with Crippen LogP contribution in [0.25, 0.3) is 0 Å². The Balaban J connectivity index is 2.14. The lowest BCUT2D eigenvalue weighted by atomic mass is 10.0. The van der Waals surface area contributed by atoms with Gasteiger partial charge in [0.1, 0.15) is 0 Å². The molecule has 3 nitrogen and oxygen atoms in total. The van der Waals surface area contributed by atoms with E-state index >= 15 is 0 Å². The standard InChI is InChI=1S/C18H16N2O/c1-19-12-18(21)20-13-16-8-3-2-6-14(16)10-11-15-7-4-5-9-17(15)20/h2-9,19H,12-13H2,1H3. The van der Waals surface area contributed by atoms with E-state index in [0.29, 0.717) is 13.1 Å². The predicted octanol–water partition coefficient (Wildman–Crippen LogP) is 2.15. The number of carbonyl (C=O) groups excluding carboxylic acids is 1. The van der Waals surface area contributed by atoms with Crippen molar-refractivity contribution in [2.24, 2.45) is 0 Å². The molecule has 1 amide bonds. The van der Waals surface area contributed by atoms with E-state index in [1.807, 2.05) is 48.5 Å². The van der Waals surface area contributed by atoms with Gasteiger partial charge in [0.2, 0.25) is 5.91 Å². The number of anilines is 1. The zero-order valence-corrected chi connectivity index (χ0v) is 11.9. The molecule has 21 heavy (non-hydrogen) atoms. The van der Waals surface area contributed by atoms with Crippen LogP contribution in [0.2, 0.25) is 0 Å². The van der Waals surface area contributed by atoms with Crippen LogP contribution in [0.5, 0.6) is 0 Å². The average Bonchev–Trinajstić information content (AvgIpc) is 2.50. The second-order valence-corrected chi connectivity index (χ2v) is 4.93. The molecule has 0 spiro atoms. The van der Waals surface area contributed by atoms with Crippen LogP contribution in [0.3, 0.4) is 0 Å². The molecule has 0 saturated carbocycles. The second-order valence-electron chi connectivity index (χ2n) is 4.93. The number of carbonyl (C=O) groups is 1. The van der Waals surface area contributed by atoms with E-state index in [0.717, 1.165) is 22.4 Å².